The van der Waals surface area contributed by atoms with E-state index in [9.17, 15) is 0 Å². The predicted octanol–water partition coefficient (Wildman–Crippen LogP) is 13.3. The van der Waals surface area contributed by atoms with Gasteiger partial charge >= 0.3 is 324 Å². The normalized spacial score (nSPS) is 29.4. The fourth-order valence-corrected chi connectivity index (χ4v) is 27.4. The summed E-state index contributed by atoms with van der Waals surface area (Å²) in [6.45, 7) is 27.7. The monoisotopic (exact) mass is 749 g/mol. The van der Waals surface area contributed by atoms with Crippen LogP contribution in [0.3, 0.4) is 0 Å². The number of benzene rings is 2. The molecule has 0 spiro atoms. The Kier molecular flexibility index (Phi) is 12.3. The van der Waals surface area contributed by atoms with Crippen molar-refractivity contribution in [2.75, 3.05) is 14.2 Å². The molecule has 1 heterocycles. The fraction of sp³-hybridized carbons (Fsp3) is 0.750. The summed E-state index contributed by atoms with van der Waals surface area (Å²) in [4.78, 5) is 0. The zero-order chi connectivity index (χ0) is 37.7. The maximum absolute atomic E-state index is 6.36. The van der Waals surface area contributed by atoms with Crippen LogP contribution >= 0.6 is 15.2 Å². The summed E-state index contributed by atoms with van der Waals surface area (Å²) in [7, 11) is 1.09. The van der Waals surface area contributed by atoms with E-state index in [1.54, 1.807) is 10.9 Å². The zero-order valence-electron chi connectivity index (χ0n) is 35.9. The maximum atomic E-state index is 6.36. The molecular formula is C48H78O2P2. The Bertz CT molecular complexity index is 1530. The van der Waals surface area contributed by atoms with E-state index >= 15 is 0 Å². The molecule has 2 nitrogen and oxygen atoms in total. The van der Waals surface area contributed by atoms with Crippen molar-refractivity contribution in [3.05, 3.63) is 46.0 Å². The van der Waals surface area contributed by atoms with E-state index in [4.69, 9.17) is 9.47 Å². The van der Waals surface area contributed by atoms with Crippen LogP contribution in [0.25, 0.3) is 0 Å². The van der Waals surface area contributed by atoms with Crippen molar-refractivity contribution in [2.24, 2.45) is 17.8 Å². The second-order valence-corrected chi connectivity index (χ2v) is 28.9. The molecule has 0 aromatic heterocycles. The molecule has 4 unspecified atom stereocenters. The molecule has 1 aliphatic heterocycles. The molecule has 3 fully saturated rings. The van der Waals surface area contributed by atoms with Gasteiger partial charge in [-0.25, -0.2) is 0 Å². The van der Waals surface area contributed by atoms with Gasteiger partial charge in [-0.05, 0) is 0 Å². The van der Waals surface area contributed by atoms with Crippen molar-refractivity contribution in [2.45, 2.75) is 199 Å². The van der Waals surface area contributed by atoms with Gasteiger partial charge in [-0.3, -0.25) is 0 Å². The molecule has 7 atom stereocenters. The molecular weight excluding hydrogens is 670 g/mol. The molecule has 4 heteroatoms. The topological polar surface area (TPSA) is 18.5 Å². The van der Waals surface area contributed by atoms with Gasteiger partial charge in [0.05, 0.1) is 0 Å². The minimum absolute atomic E-state index is 0.233. The Labute approximate surface area is 322 Å². The van der Waals surface area contributed by atoms with Gasteiger partial charge in [-0.2, -0.15) is 0 Å². The number of hydrogen-bond donors (Lipinski definition) is 0. The van der Waals surface area contributed by atoms with Gasteiger partial charge in [0, 0.05) is 0 Å². The number of fused-ring (bicyclic) bond motifs is 9. The van der Waals surface area contributed by atoms with Crippen LogP contribution < -0.4 is 20.1 Å². The third-order valence-corrected chi connectivity index (χ3v) is 25.5. The third kappa shape index (κ3) is 7.31. The predicted molar refractivity (Wildman–Crippen MR) is 234 cm³/mol. The van der Waals surface area contributed by atoms with Gasteiger partial charge < -0.3 is 0 Å². The number of aryl methyl sites for hydroxylation is 3. The van der Waals surface area contributed by atoms with Crippen LogP contribution in [0, 0.1) is 45.4 Å². The van der Waals surface area contributed by atoms with E-state index < -0.39 is 7.26 Å². The first-order valence-corrected chi connectivity index (χ1v) is 25.3. The average Bonchev–Trinajstić information content (AvgIpc) is 3.73. The molecule has 0 radical (unpaired) electrons. The Balaban J connectivity index is 1.74. The van der Waals surface area contributed by atoms with Crippen molar-refractivity contribution in [1.82, 2.24) is 0 Å². The summed E-state index contributed by atoms with van der Waals surface area (Å²) in [5.74, 6) is 5.49. The van der Waals surface area contributed by atoms with E-state index in [1.165, 1.54) is 118 Å². The molecule has 0 amide bonds. The molecule has 3 aliphatic carbocycles. The van der Waals surface area contributed by atoms with Crippen LogP contribution in [0.4, 0.5) is 0 Å². The third-order valence-electron chi connectivity index (χ3n) is 15.1. The van der Waals surface area contributed by atoms with Gasteiger partial charge in [-0.1, -0.05) is 0 Å². The first kappa shape index (κ1) is 40.6. The second-order valence-electron chi connectivity index (χ2n) is 20.3. The van der Waals surface area contributed by atoms with Gasteiger partial charge in [0.1, 0.15) is 0 Å². The molecule has 4 aliphatic rings. The van der Waals surface area contributed by atoms with Gasteiger partial charge in [0.15, 0.2) is 0 Å². The summed E-state index contributed by atoms with van der Waals surface area (Å²) < 4.78 is 12.5. The van der Waals surface area contributed by atoms with Crippen molar-refractivity contribution in [3.8, 4) is 11.5 Å². The molecule has 3 saturated carbocycles. The van der Waals surface area contributed by atoms with Crippen LogP contribution in [-0.4, -0.2) is 41.5 Å². The molecule has 2 aromatic carbocycles. The molecule has 2 aromatic rings. The van der Waals surface area contributed by atoms with Gasteiger partial charge in [0.2, 0.25) is 0 Å². The van der Waals surface area contributed by atoms with Crippen LogP contribution in [0.1, 0.15) is 172 Å². The molecule has 0 N–H and O–H groups in total. The number of rotatable bonds is 6. The SMILES string of the molecule is COc1c(C)cc([PH]2([C@H]3CCC[C@H]3C(C)P(C(C)(C)C)C(C)(C)C)c3cc(C)c(OC)c(C)c3[C@@H]3CCC(C3)C3CCCCCC2CCC3)cc1C. The zero-order valence-corrected chi connectivity index (χ0v) is 37.8. The number of hydrogen-bond acceptors (Lipinski definition) is 2. The Morgan fingerprint density at radius 3 is 1.87 bits per heavy atom. The van der Waals surface area contributed by atoms with E-state index in [0.29, 0.717) is 16.2 Å². The minimum atomic E-state index is -2.50. The van der Waals surface area contributed by atoms with Crippen molar-refractivity contribution >= 4 is 25.8 Å². The molecule has 292 valence electrons. The first-order chi connectivity index (χ1) is 24.5. The standard InChI is InChI=1S/C48H78O2P2/c1-31-27-40(28-32(2)45(31)49-12)52(42-24-18-23-41(42)35(5)51(47(6,7)8)48(9,10)11)39-21-16-14-15-19-36(20-17-22-39)37-25-26-38(30-37)44-34(4)46(50-13)33(3)29-43(44)52/h27-29,35-39,41-42,52H,14-26,30H2,1-13H3/t35?,36?,37?,38-,39?,41+,42+/m1/s1. The number of methoxy groups -OCH3 is 2. The van der Waals surface area contributed by atoms with Gasteiger partial charge in [-0.15, -0.1) is 0 Å². The summed E-state index contributed by atoms with van der Waals surface area (Å²) in [5, 5.41) is 4.25. The van der Waals surface area contributed by atoms with Crippen molar-refractivity contribution in [1.29, 1.82) is 0 Å². The summed E-state index contributed by atoms with van der Waals surface area (Å²) in [6, 6.07) is 8.19. The number of ether oxygens (including phenoxy) is 2. The van der Waals surface area contributed by atoms with Crippen LogP contribution in [-0.2, 0) is 0 Å². The fourth-order valence-electron chi connectivity index (χ4n) is 14.1. The van der Waals surface area contributed by atoms with E-state index in [0.717, 1.165) is 40.5 Å². The van der Waals surface area contributed by atoms with E-state index in [1.807, 2.05) is 19.5 Å². The second kappa shape index (κ2) is 15.8. The Morgan fingerprint density at radius 2 is 1.23 bits per heavy atom. The molecule has 4 bridgehead atoms. The summed E-state index contributed by atoms with van der Waals surface area (Å²) >= 11 is 0. The average molecular weight is 749 g/mol. The first-order valence-electron chi connectivity index (χ1n) is 21.7. The summed E-state index contributed by atoms with van der Waals surface area (Å²) in [5.41, 5.74) is 9.55. The van der Waals surface area contributed by atoms with Crippen molar-refractivity contribution < 1.29 is 9.47 Å². The molecule has 52 heavy (non-hydrogen) atoms. The van der Waals surface area contributed by atoms with E-state index in [2.05, 4.69) is 94.4 Å². The van der Waals surface area contributed by atoms with Gasteiger partial charge in [0.25, 0.3) is 0 Å². The van der Waals surface area contributed by atoms with Crippen LogP contribution in [0.5, 0.6) is 11.5 Å². The summed E-state index contributed by atoms with van der Waals surface area (Å²) in [6.07, 6.45) is 19.8. The van der Waals surface area contributed by atoms with Crippen LogP contribution in [0.15, 0.2) is 18.2 Å². The molecule has 0 saturated heterocycles. The quantitative estimate of drug-likeness (QED) is 0.274. The Morgan fingerprint density at radius 1 is 0.654 bits per heavy atom. The molecule has 6 rings (SSSR count). The van der Waals surface area contributed by atoms with Crippen LogP contribution in [0.2, 0.25) is 0 Å². The Hall–Kier alpha value is -1.10. The van der Waals surface area contributed by atoms with Crippen molar-refractivity contribution in [3.63, 3.8) is 0 Å². The van der Waals surface area contributed by atoms with E-state index in [-0.39, 0.29) is 7.92 Å².